The number of ether oxygens (including phenoxy) is 2. The minimum Gasteiger partial charge on any atom is -0.465 e. The van der Waals surface area contributed by atoms with E-state index in [9.17, 15) is 9.59 Å². The van der Waals surface area contributed by atoms with Crippen LogP contribution in [0.5, 0.6) is 0 Å². The van der Waals surface area contributed by atoms with Crippen LogP contribution in [0.25, 0.3) is 6.08 Å². The van der Waals surface area contributed by atoms with Crippen molar-refractivity contribution in [1.29, 1.82) is 0 Å². The Kier molecular flexibility index (Phi) is 6.66. The van der Waals surface area contributed by atoms with E-state index in [-0.39, 0.29) is 18.0 Å². The Morgan fingerprint density at radius 2 is 1.76 bits per heavy atom. The van der Waals surface area contributed by atoms with Gasteiger partial charge in [-0.3, -0.25) is 0 Å². The molecule has 0 N–H and O–H groups in total. The van der Waals surface area contributed by atoms with Crippen molar-refractivity contribution in [3.8, 4) is 0 Å². The lowest BCUT2D eigenvalue weighted by Crippen LogP contribution is -2.15. The molecule has 0 amide bonds. The quantitative estimate of drug-likeness (QED) is 0.594. The summed E-state index contributed by atoms with van der Waals surface area (Å²) in [6.07, 6.45) is 3.80. The molecule has 0 saturated heterocycles. The maximum atomic E-state index is 11.6. The molecule has 0 spiro atoms. The van der Waals surface area contributed by atoms with Crippen molar-refractivity contribution >= 4 is 18.0 Å². The standard InChI is InChI=1S/C17H22O4/c1-12(2)11-13(3)21-16(18)10-7-14-5-8-15(9-6-14)17(19)20-4/h5-10,12-13H,11H2,1-4H3/b10-7+. The molecular formula is C17H22O4. The zero-order chi connectivity index (χ0) is 15.8. The molecule has 1 aromatic rings. The molecule has 0 aliphatic carbocycles. The number of hydrogen-bond acceptors (Lipinski definition) is 4. The Balaban J connectivity index is 2.56. The predicted molar refractivity (Wildman–Crippen MR) is 81.8 cm³/mol. The first-order chi connectivity index (χ1) is 9.92. The second-order valence-electron chi connectivity index (χ2n) is 5.32. The first kappa shape index (κ1) is 17.0. The molecular weight excluding hydrogens is 268 g/mol. The maximum Gasteiger partial charge on any atom is 0.337 e. The Morgan fingerprint density at radius 1 is 1.14 bits per heavy atom. The molecule has 21 heavy (non-hydrogen) atoms. The zero-order valence-electron chi connectivity index (χ0n) is 13.0. The molecule has 0 aliphatic heterocycles. The van der Waals surface area contributed by atoms with Crippen LogP contribution >= 0.6 is 0 Å². The van der Waals surface area contributed by atoms with Gasteiger partial charge in [0, 0.05) is 6.08 Å². The molecule has 4 nitrogen and oxygen atoms in total. The summed E-state index contributed by atoms with van der Waals surface area (Å²) in [6.45, 7) is 6.06. The van der Waals surface area contributed by atoms with Gasteiger partial charge in [-0.25, -0.2) is 9.59 Å². The molecule has 0 bridgehead atoms. The Hall–Kier alpha value is -2.10. The van der Waals surface area contributed by atoms with Gasteiger partial charge in [0.25, 0.3) is 0 Å². The van der Waals surface area contributed by atoms with Crippen molar-refractivity contribution in [2.24, 2.45) is 5.92 Å². The summed E-state index contributed by atoms with van der Waals surface area (Å²) in [7, 11) is 1.34. The molecule has 0 aromatic heterocycles. The van der Waals surface area contributed by atoms with Gasteiger partial charge >= 0.3 is 11.9 Å². The minimum absolute atomic E-state index is 0.0937. The van der Waals surface area contributed by atoms with E-state index < -0.39 is 0 Å². The number of methoxy groups -OCH3 is 1. The van der Waals surface area contributed by atoms with Crippen LogP contribution in [0.3, 0.4) is 0 Å². The second-order valence-corrected chi connectivity index (χ2v) is 5.32. The molecule has 0 fully saturated rings. The molecule has 0 radical (unpaired) electrons. The van der Waals surface area contributed by atoms with Crippen molar-refractivity contribution in [1.82, 2.24) is 0 Å². The average molecular weight is 290 g/mol. The molecule has 0 saturated carbocycles. The van der Waals surface area contributed by atoms with E-state index in [4.69, 9.17) is 4.74 Å². The highest BCUT2D eigenvalue weighted by Crippen LogP contribution is 2.10. The van der Waals surface area contributed by atoms with Gasteiger partial charge in [-0.05, 0) is 43.0 Å². The van der Waals surface area contributed by atoms with Crippen LogP contribution in [0, 0.1) is 5.92 Å². The summed E-state index contributed by atoms with van der Waals surface area (Å²) >= 11 is 0. The number of hydrogen-bond donors (Lipinski definition) is 0. The summed E-state index contributed by atoms with van der Waals surface area (Å²) in [6, 6.07) is 6.79. The highest BCUT2D eigenvalue weighted by atomic mass is 16.5. The molecule has 1 atom stereocenters. The van der Waals surface area contributed by atoms with Crippen LogP contribution in [-0.4, -0.2) is 25.2 Å². The summed E-state index contributed by atoms with van der Waals surface area (Å²) in [5.41, 5.74) is 1.29. The third-order valence-electron chi connectivity index (χ3n) is 2.86. The van der Waals surface area contributed by atoms with Crippen LogP contribution < -0.4 is 0 Å². The van der Waals surface area contributed by atoms with E-state index in [1.54, 1.807) is 30.3 Å². The van der Waals surface area contributed by atoms with E-state index in [2.05, 4.69) is 18.6 Å². The predicted octanol–water partition coefficient (Wildman–Crippen LogP) is 3.46. The fourth-order valence-corrected chi connectivity index (χ4v) is 1.96. The van der Waals surface area contributed by atoms with Gasteiger partial charge in [-0.2, -0.15) is 0 Å². The van der Waals surface area contributed by atoms with Gasteiger partial charge in [0.05, 0.1) is 18.8 Å². The van der Waals surface area contributed by atoms with Gasteiger partial charge in [-0.1, -0.05) is 26.0 Å². The van der Waals surface area contributed by atoms with Gasteiger partial charge in [-0.15, -0.1) is 0 Å². The van der Waals surface area contributed by atoms with E-state index >= 15 is 0 Å². The van der Waals surface area contributed by atoms with Gasteiger partial charge in [0.2, 0.25) is 0 Å². The monoisotopic (exact) mass is 290 g/mol. The van der Waals surface area contributed by atoms with Crippen LogP contribution in [-0.2, 0) is 14.3 Å². The topological polar surface area (TPSA) is 52.6 Å². The Labute approximate surface area is 125 Å². The lowest BCUT2D eigenvalue weighted by molar-refractivity contribution is -0.142. The van der Waals surface area contributed by atoms with Crippen molar-refractivity contribution in [3.05, 3.63) is 41.5 Å². The summed E-state index contributed by atoms with van der Waals surface area (Å²) in [5.74, 6) is -0.254. The van der Waals surface area contributed by atoms with E-state index in [0.29, 0.717) is 11.5 Å². The average Bonchev–Trinajstić information content (AvgIpc) is 2.43. The lowest BCUT2D eigenvalue weighted by Gasteiger charge is -2.13. The van der Waals surface area contributed by atoms with E-state index in [1.165, 1.54) is 13.2 Å². The fraction of sp³-hybridized carbons (Fsp3) is 0.412. The van der Waals surface area contributed by atoms with Crippen molar-refractivity contribution < 1.29 is 19.1 Å². The molecule has 0 heterocycles. The lowest BCUT2D eigenvalue weighted by atomic mass is 10.1. The van der Waals surface area contributed by atoms with Crippen LogP contribution in [0.1, 0.15) is 43.1 Å². The SMILES string of the molecule is COC(=O)c1ccc(/C=C/C(=O)OC(C)CC(C)C)cc1. The highest BCUT2D eigenvalue weighted by molar-refractivity contribution is 5.90. The van der Waals surface area contributed by atoms with Crippen molar-refractivity contribution in [3.63, 3.8) is 0 Å². The number of rotatable bonds is 6. The number of carbonyl (C=O) groups is 2. The van der Waals surface area contributed by atoms with Gasteiger partial charge < -0.3 is 9.47 Å². The third kappa shape index (κ3) is 6.25. The number of benzene rings is 1. The van der Waals surface area contributed by atoms with Crippen LogP contribution in [0.15, 0.2) is 30.3 Å². The number of carbonyl (C=O) groups excluding carboxylic acids is 2. The minimum atomic E-state index is -0.382. The smallest absolute Gasteiger partial charge is 0.337 e. The van der Waals surface area contributed by atoms with E-state index in [0.717, 1.165) is 12.0 Å². The summed E-state index contributed by atoms with van der Waals surface area (Å²) in [5, 5.41) is 0. The molecule has 1 aromatic carbocycles. The number of esters is 2. The fourth-order valence-electron chi connectivity index (χ4n) is 1.96. The van der Waals surface area contributed by atoms with Crippen molar-refractivity contribution in [2.45, 2.75) is 33.3 Å². The van der Waals surface area contributed by atoms with Gasteiger partial charge in [0.15, 0.2) is 0 Å². The molecule has 1 rings (SSSR count). The normalized spacial score (nSPS) is 12.4. The molecule has 1 unspecified atom stereocenters. The maximum absolute atomic E-state index is 11.6. The molecule has 0 aliphatic rings. The highest BCUT2D eigenvalue weighted by Gasteiger charge is 2.09. The largest absolute Gasteiger partial charge is 0.465 e. The molecule has 114 valence electrons. The van der Waals surface area contributed by atoms with E-state index in [1.807, 2.05) is 6.92 Å². The van der Waals surface area contributed by atoms with Crippen LogP contribution in [0.2, 0.25) is 0 Å². The summed E-state index contributed by atoms with van der Waals surface area (Å²) in [4.78, 5) is 22.9. The third-order valence-corrected chi connectivity index (χ3v) is 2.86. The molecule has 4 heteroatoms. The first-order valence-corrected chi connectivity index (χ1v) is 6.99. The zero-order valence-corrected chi connectivity index (χ0v) is 13.0. The Morgan fingerprint density at radius 3 is 2.29 bits per heavy atom. The van der Waals surface area contributed by atoms with Crippen molar-refractivity contribution in [2.75, 3.05) is 7.11 Å². The summed E-state index contributed by atoms with van der Waals surface area (Å²) < 4.78 is 9.88. The van der Waals surface area contributed by atoms with Crippen LogP contribution in [0.4, 0.5) is 0 Å². The Bertz CT molecular complexity index is 500. The first-order valence-electron chi connectivity index (χ1n) is 6.99. The second kappa shape index (κ2) is 8.25. The van der Waals surface area contributed by atoms with Gasteiger partial charge in [0.1, 0.15) is 0 Å².